The van der Waals surface area contributed by atoms with Crippen molar-refractivity contribution in [1.29, 1.82) is 0 Å². The van der Waals surface area contributed by atoms with E-state index in [4.69, 9.17) is 20.3 Å². The molecule has 0 spiro atoms. The summed E-state index contributed by atoms with van der Waals surface area (Å²) in [5.41, 5.74) is 4.16. The van der Waals surface area contributed by atoms with Crippen LogP contribution in [0.2, 0.25) is 0 Å². The average Bonchev–Trinajstić information content (AvgIpc) is 2.11. The quantitative estimate of drug-likeness (QED) is 0.621. The predicted molar refractivity (Wildman–Crippen MR) is 52.1 cm³/mol. The molecule has 0 saturated heterocycles. The second-order valence-corrected chi connectivity index (χ2v) is 3.63. The smallest absolute Gasteiger partial charge is 0.325 e. The van der Waals surface area contributed by atoms with E-state index in [1.807, 2.05) is 6.92 Å². The van der Waals surface area contributed by atoms with Crippen molar-refractivity contribution in [2.45, 2.75) is 31.9 Å². The van der Waals surface area contributed by atoms with Crippen molar-refractivity contribution in [3.8, 4) is 0 Å². The molecule has 3 N–H and O–H groups in total. The first-order valence-corrected chi connectivity index (χ1v) is 4.53. The third-order valence-electron chi connectivity index (χ3n) is 1.88. The number of ether oxygens (including phenoxy) is 2. The average molecular weight is 205 g/mol. The molecule has 0 aliphatic rings. The van der Waals surface area contributed by atoms with Gasteiger partial charge in [-0.2, -0.15) is 0 Å². The maximum absolute atomic E-state index is 10.6. The number of carbonyl (C=O) groups is 1. The van der Waals surface area contributed by atoms with Gasteiger partial charge in [0.05, 0.1) is 12.7 Å². The van der Waals surface area contributed by atoms with Crippen molar-refractivity contribution in [1.82, 2.24) is 0 Å². The molecule has 2 atom stereocenters. The van der Waals surface area contributed by atoms with E-state index in [1.54, 1.807) is 7.11 Å². The third-order valence-corrected chi connectivity index (χ3v) is 1.88. The molecule has 5 heteroatoms. The fraction of sp³-hybridized carbons (Fsp3) is 0.889. The lowest BCUT2D eigenvalue weighted by Crippen LogP contribution is -2.49. The Morgan fingerprint density at radius 2 is 2.21 bits per heavy atom. The molecule has 0 aliphatic carbocycles. The second-order valence-electron chi connectivity index (χ2n) is 3.63. The molecule has 0 aromatic rings. The predicted octanol–water partition coefficient (Wildman–Crippen LogP) is 0.230. The highest BCUT2D eigenvalue weighted by Crippen LogP contribution is 2.05. The summed E-state index contributed by atoms with van der Waals surface area (Å²) in [6.45, 7) is 3.89. The summed E-state index contributed by atoms with van der Waals surface area (Å²) < 4.78 is 10.1. The van der Waals surface area contributed by atoms with Crippen molar-refractivity contribution in [2.75, 3.05) is 20.3 Å². The van der Waals surface area contributed by atoms with E-state index in [0.29, 0.717) is 6.61 Å². The zero-order chi connectivity index (χ0) is 11.2. The van der Waals surface area contributed by atoms with Crippen LogP contribution in [-0.2, 0) is 14.3 Å². The molecule has 0 bridgehead atoms. The van der Waals surface area contributed by atoms with E-state index in [9.17, 15) is 4.79 Å². The molecule has 84 valence electrons. The van der Waals surface area contributed by atoms with Gasteiger partial charge in [-0.25, -0.2) is 0 Å². The zero-order valence-corrected chi connectivity index (χ0v) is 8.95. The Hall–Kier alpha value is -0.650. The number of methoxy groups -OCH3 is 1. The van der Waals surface area contributed by atoms with Crippen LogP contribution in [0.3, 0.4) is 0 Å². The molecule has 0 aromatic heterocycles. The molecule has 0 radical (unpaired) electrons. The summed E-state index contributed by atoms with van der Waals surface area (Å²) in [5, 5.41) is 8.70. The zero-order valence-electron chi connectivity index (χ0n) is 8.95. The van der Waals surface area contributed by atoms with Gasteiger partial charge in [0.1, 0.15) is 5.54 Å². The molecular weight excluding hydrogens is 186 g/mol. The SMILES string of the molecule is COCCC(C)OCC(C)(N)C(=O)O. The Balaban J connectivity index is 3.75. The van der Waals surface area contributed by atoms with Gasteiger partial charge in [-0.05, 0) is 20.3 Å². The van der Waals surface area contributed by atoms with Crippen molar-refractivity contribution in [3.63, 3.8) is 0 Å². The van der Waals surface area contributed by atoms with Crippen LogP contribution in [0.4, 0.5) is 0 Å². The lowest BCUT2D eigenvalue weighted by atomic mass is 10.1. The van der Waals surface area contributed by atoms with Gasteiger partial charge in [-0.1, -0.05) is 0 Å². The lowest BCUT2D eigenvalue weighted by molar-refractivity contribution is -0.145. The van der Waals surface area contributed by atoms with Crippen molar-refractivity contribution >= 4 is 5.97 Å². The highest BCUT2D eigenvalue weighted by molar-refractivity contribution is 5.77. The monoisotopic (exact) mass is 205 g/mol. The topological polar surface area (TPSA) is 81.8 Å². The Morgan fingerprint density at radius 1 is 1.64 bits per heavy atom. The highest BCUT2D eigenvalue weighted by atomic mass is 16.5. The molecule has 14 heavy (non-hydrogen) atoms. The van der Waals surface area contributed by atoms with Crippen LogP contribution in [0.5, 0.6) is 0 Å². The standard InChI is InChI=1S/C9H19NO4/c1-7(4-5-13-3)14-6-9(2,10)8(11)12/h7H,4-6,10H2,1-3H3,(H,11,12). The number of hydrogen-bond acceptors (Lipinski definition) is 4. The van der Waals surface area contributed by atoms with E-state index in [2.05, 4.69) is 0 Å². The van der Waals surface area contributed by atoms with Gasteiger partial charge in [-0.3, -0.25) is 4.79 Å². The summed E-state index contributed by atoms with van der Waals surface area (Å²) in [5.74, 6) is -1.06. The summed E-state index contributed by atoms with van der Waals surface area (Å²) in [6, 6.07) is 0. The van der Waals surface area contributed by atoms with Crippen LogP contribution in [0.1, 0.15) is 20.3 Å². The number of carboxylic acids is 1. The van der Waals surface area contributed by atoms with E-state index < -0.39 is 11.5 Å². The Morgan fingerprint density at radius 3 is 2.64 bits per heavy atom. The summed E-state index contributed by atoms with van der Waals surface area (Å²) >= 11 is 0. The number of nitrogens with two attached hydrogens (primary N) is 1. The molecule has 5 nitrogen and oxygen atoms in total. The van der Waals surface area contributed by atoms with E-state index in [-0.39, 0.29) is 12.7 Å². The molecular formula is C9H19NO4. The Labute approximate surface area is 84.2 Å². The van der Waals surface area contributed by atoms with Crippen LogP contribution < -0.4 is 5.73 Å². The van der Waals surface area contributed by atoms with Gasteiger partial charge < -0.3 is 20.3 Å². The van der Waals surface area contributed by atoms with Gasteiger partial charge in [0, 0.05) is 13.7 Å². The first kappa shape index (κ1) is 13.4. The van der Waals surface area contributed by atoms with Crippen molar-refractivity contribution < 1.29 is 19.4 Å². The number of carboxylic acid groups (broad SMARTS) is 1. The van der Waals surface area contributed by atoms with Gasteiger partial charge in [0.25, 0.3) is 0 Å². The molecule has 0 aromatic carbocycles. The largest absolute Gasteiger partial charge is 0.480 e. The Kier molecular flexibility index (Phi) is 5.68. The summed E-state index contributed by atoms with van der Waals surface area (Å²) in [6.07, 6.45) is 0.684. The number of hydrogen-bond donors (Lipinski definition) is 2. The van der Waals surface area contributed by atoms with E-state index in [1.165, 1.54) is 6.92 Å². The van der Waals surface area contributed by atoms with Gasteiger partial charge >= 0.3 is 5.97 Å². The summed E-state index contributed by atoms with van der Waals surface area (Å²) in [7, 11) is 1.61. The normalized spacial score (nSPS) is 17.4. The summed E-state index contributed by atoms with van der Waals surface area (Å²) in [4.78, 5) is 10.6. The molecule has 0 saturated carbocycles. The fourth-order valence-corrected chi connectivity index (χ4v) is 0.744. The van der Waals surface area contributed by atoms with Crippen molar-refractivity contribution in [2.24, 2.45) is 5.73 Å². The maximum Gasteiger partial charge on any atom is 0.325 e. The van der Waals surface area contributed by atoms with Crippen LogP contribution in [0.25, 0.3) is 0 Å². The first-order chi connectivity index (χ1) is 6.40. The van der Waals surface area contributed by atoms with Crippen LogP contribution in [0.15, 0.2) is 0 Å². The lowest BCUT2D eigenvalue weighted by Gasteiger charge is -2.21. The number of rotatable bonds is 7. The molecule has 0 amide bonds. The highest BCUT2D eigenvalue weighted by Gasteiger charge is 2.28. The minimum atomic E-state index is -1.32. The Bertz CT molecular complexity index is 182. The molecule has 0 fully saturated rings. The van der Waals surface area contributed by atoms with Crippen LogP contribution in [-0.4, -0.2) is 43.0 Å². The maximum atomic E-state index is 10.6. The first-order valence-electron chi connectivity index (χ1n) is 4.53. The van der Waals surface area contributed by atoms with Crippen LogP contribution >= 0.6 is 0 Å². The molecule has 0 rings (SSSR count). The number of aliphatic carboxylic acids is 1. The van der Waals surface area contributed by atoms with Gasteiger partial charge in [0.2, 0.25) is 0 Å². The minimum Gasteiger partial charge on any atom is -0.480 e. The third kappa shape index (κ3) is 5.16. The van der Waals surface area contributed by atoms with E-state index in [0.717, 1.165) is 6.42 Å². The van der Waals surface area contributed by atoms with Crippen molar-refractivity contribution in [3.05, 3.63) is 0 Å². The van der Waals surface area contributed by atoms with Crippen LogP contribution in [0, 0.1) is 0 Å². The molecule has 0 heterocycles. The molecule has 0 aliphatic heterocycles. The minimum absolute atomic E-state index is 0.00716. The van der Waals surface area contributed by atoms with E-state index >= 15 is 0 Å². The second kappa shape index (κ2) is 5.95. The fourth-order valence-electron chi connectivity index (χ4n) is 0.744. The van der Waals surface area contributed by atoms with Gasteiger partial charge in [-0.15, -0.1) is 0 Å². The van der Waals surface area contributed by atoms with Gasteiger partial charge in [0.15, 0.2) is 0 Å². The molecule has 2 unspecified atom stereocenters.